The van der Waals surface area contributed by atoms with E-state index in [4.69, 9.17) is 4.74 Å². The van der Waals surface area contributed by atoms with Gasteiger partial charge in [-0.05, 0) is 42.3 Å². The summed E-state index contributed by atoms with van der Waals surface area (Å²) in [5.41, 5.74) is 2.13. The Hall–Kier alpha value is -2.75. The molecule has 8 nitrogen and oxygen atoms in total. The number of sulfonamides is 1. The van der Waals surface area contributed by atoms with Crippen LogP contribution in [-0.2, 0) is 14.8 Å². The van der Waals surface area contributed by atoms with Crippen molar-refractivity contribution in [3.63, 3.8) is 0 Å². The highest BCUT2D eigenvalue weighted by Gasteiger charge is 2.24. The maximum Gasteiger partial charge on any atom is 0.251 e. The molecule has 3 rings (SSSR count). The fraction of sp³-hybridized carbons (Fsp3) is 0.364. The number of fused-ring (bicyclic) bond motifs is 1. The van der Waals surface area contributed by atoms with E-state index in [1.165, 1.54) is 31.4 Å². The molecule has 31 heavy (non-hydrogen) atoms. The number of carbonyl (C=O) groups is 1. The van der Waals surface area contributed by atoms with Crippen LogP contribution >= 0.6 is 0 Å². The van der Waals surface area contributed by atoms with Crippen molar-refractivity contribution in [2.24, 2.45) is 5.92 Å². The third kappa shape index (κ3) is 5.49. The number of H-pyrrole nitrogens is 1. The lowest BCUT2D eigenvalue weighted by molar-refractivity contribution is 0.0920. The van der Waals surface area contributed by atoms with Gasteiger partial charge in [0.25, 0.3) is 5.91 Å². The SMILES string of the molecule is CCC(C)C(NC(=O)c1ccc(S(=O)(=O)NCCOC)cc1)c1nc2ccccc2[nH]1. The predicted molar refractivity (Wildman–Crippen MR) is 119 cm³/mol. The fourth-order valence-electron chi connectivity index (χ4n) is 3.21. The van der Waals surface area contributed by atoms with Crippen LogP contribution in [0.1, 0.15) is 42.5 Å². The Morgan fingerprint density at radius 1 is 1.16 bits per heavy atom. The molecule has 0 bridgehead atoms. The van der Waals surface area contributed by atoms with E-state index in [9.17, 15) is 13.2 Å². The van der Waals surface area contributed by atoms with E-state index in [0.29, 0.717) is 11.4 Å². The first-order valence-corrected chi connectivity index (χ1v) is 11.7. The largest absolute Gasteiger partial charge is 0.383 e. The van der Waals surface area contributed by atoms with Gasteiger partial charge in [-0.3, -0.25) is 4.79 Å². The van der Waals surface area contributed by atoms with Crippen LogP contribution in [0, 0.1) is 5.92 Å². The van der Waals surface area contributed by atoms with Gasteiger partial charge in [0, 0.05) is 19.2 Å². The molecule has 0 aliphatic rings. The maximum absolute atomic E-state index is 12.9. The molecule has 0 radical (unpaired) electrons. The standard InChI is InChI=1S/C22H28N4O4S/c1-4-15(2)20(21-24-18-7-5-6-8-19(18)25-21)26-22(27)16-9-11-17(12-10-16)31(28,29)23-13-14-30-3/h5-12,15,20,23H,4,13-14H2,1-3H3,(H,24,25)(H,26,27). The number of nitrogens with zero attached hydrogens (tertiary/aromatic N) is 1. The van der Waals surface area contributed by atoms with Crippen LogP contribution in [0.4, 0.5) is 0 Å². The molecule has 2 unspecified atom stereocenters. The van der Waals surface area contributed by atoms with Crippen LogP contribution in [0.15, 0.2) is 53.4 Å². The number of hydrogen-bond donors (Lipinski definition) is 3. The minimum atomic E-state index is -3.65. The molecule has 166 valence electrons. The summed E-state index contributed by atoms with van der Waals surface area (Å²) in [5, 5.41) is 3.05. The second kappa shape index (κ2) is 10.0. The van der Waals surface area contributed by atoms with Gasteiger partial charge < -0.3 is 15.0 Å². The second-order valence-electron chi connectivity index (χ2n) is 7.39. The summed E-state index contributed by atoms with van der Waals surface area (Å²) in [6.07, 6.45) is 0.853. The number of aromatic amines is 1. The van der Waals surface area contributed by atoms with E-state index in [-0.39, 0.29) is 35.9 Å². The van der Waals surface area contributed by atoms with Crippen LogP contribution in [0.3, 0.4) is 0 Å². The molecule has 0 saturated carbocycles. The number of imidazole rings is 1. The molecule has 0 spiro atoms. The summed E-state index contributed by atoms with van der Waals surface area (Å²) in [6, 6.07) is 13.3. The molecule has 0 saturated heterocycles. The quantitative estimate of drug-likeness (QED) is 0.416. The summed E-state index contributed by atoms with van der Waals surface area (Å²) >= 11 is 0. The number of aromatic nitrogens is 2. The smallest absolute Gasteiger partial charge is 0.251 e. The number of carbonyl (C=O) groups excluding carboxylic acids is 1. The number of hydrogen-bond acceptors (Lipinski definition) is 5. The van der Waals surface area contributed by atoms with E-state index in [1.807, 2.05) is 24.3 Å². The van der Waals surface area contributed by atoms with Gasteiger partial charge in [0.05, 0.1) is 28.6 Å². The molecule has 1 amide bonds. The number of para-hydroxylation sites is 2. The zero-order valence-electron chi connectivity index (χ0n) is 17.9. The molecular weight excluding hydrogens is 416 g/mol. The van der Waals surface area contributed by atoms with Crippen molar-refractivity contribution < 1.29 is 17.9 Å². The average Bonchev–Trinajstić information content (AvgIpc) is 3.21. The summed E-state index contributed by atoms with van der Waals surface area (Å²) in [4.78, 5) is 20.9. The van der Waals surface area contributed by atoms with Crippen molar-refractivity contribution in [1.29, 1.82) is 0 Å². The third-order valence-electron chi connectivity index (χ3n) is 5.23. The van der Waals surface area contributed by atoms with Crippen molar-refractivity contribution in [3.05, 3.63) is 59.9 Å². The molecular formula is C22H28N4O4S. The van der Waals surface area contributed by atoms with E-state index >= 15 is 0 Å². The van der Waals surface area contributed by atoms with Crippen LogP contribution < -0.4 is 10.0 Å². The van der Waals surface area contributed by atoms with Crippen molar-refractivity contribution in [2.75, 3.05) is 20.3 Å². The number of ether oxygens (including phenoxy) is 1. The molecule has 2 atom stereocenters. The Morgan fingerprint density at radius 3 is 2.52 bits per heavy atom. The van der Waals surface area contributed by atoms with Crippen LogP contribution in [-0.4, -0.2) is 44.6 Å². The van der Waals surface area contributed by atoms with Gasteiger partial charge in [0.2, 0.25) is 10.0 Å². The zero-order valence-corrected chi connectivity index (χ0v) is 18.7. The van der Waals surface area contributed by atoms with Crippen molar-refractivity contribution in [2.45, 2.75) is 31.2 Å². The van der Waals surface area contributed by atoms with E-state index in [2.05, 4.69) is 33.9 Å². The lowest BCUT2D eigenvalue weighted by Gasteiger charge is -2.22. The normalized spacial score (nSPS) is 13.8. The molecule has 3 N–H and O–H groups in total. The third-order valence-corrected chi connectivity index (χ3v) is 6.70. The Kier molecular flexibility index (Phi) is 7.42. The maximum atomic E-state index is 12.9. The molecule has 1 heterocycles. The Labute approximate surface area is 182 Å². The second-order valence-corrected chi connectivity index (χ2v) is 9.16. The number of amides is 1. The summed E-state index contributed by atoms with van der Waals surface area (Å²) in [6.45, 7) is 4.57. The molecule has 1 aromatic heterocycles. The van der Waals surface area contributed by atoms with Crippen molar-refractivity contribution >= 4 is 27.0 Å². The molecule has 3 aromatic rings. The predicted octanol–water partition coefficient (Wildman–Crippen LogP) is 3.00. The van der Waals surface area contributed by atoms with Crippen LogP contribution in [0.5, 0.6) is 0 Å². The van der Waals surface area contributed by atoms with Gasteiger partial charge in [-0.1, -0.05) is 32.4 Å². The van der Waals surface area contributed by atoms with E-state index < -0.39 is 10.0 Å². The van der Waals surface area contributed by atoms with Gasteiger partial charge in [0.1, 0.15) is 5.82 Å². The Balaban J connectivity index is 1.77. The lowest BCUT2D eigenvalue weighted by Crippen LogP contribution is -2.33. The highest BCUT2D eigenvalue weighted by Crippen LogP contribution is 2.25. The monoisotopic (exact) mass is 444 g/mol. The molecule has 2 aromatic carbocycles. The van der Waals surface area contributed by atoms with Gasteiger partial charge in [-0.25, -0.2) is 18.1 Å². The highest BCUT2D eigenvalue weighted by molar-refractivity contribution is 7.89. The van der Waals surface area contributed by atoms with Gasteiger partial charge >= 0.3 is 0 Å². The van der Waals surface area contributed by atoms with Crippen LogP contribution in [0.2, 0.25) is 0 Å². The summed E-state index contributed by atoms with van der Waals surface area (Å²) in [7, 11) is -2.15. The van der Waals surface area contributed by atoms with E-state index in [0.717, 1.165) is 17.5 Å². The average molecular weight is 445 g/mol. The number of rotatable bonds is 10. The highest BCUT2D eigenvalue weighted by atomic mass is 32.2. The number of nitrogens with one attached hydrogen (secondary N) is 3. The van der Waals surface area contributed by atoms with Crippen LogP contribution in [0.25, 0.3) is 11.0 Å². The summed E-state index contributed by atoms with van der Waals surface area (Å²) < 4.78 is 31.9. The minimum absolute atomic E-state index is 0.0934. The van der Waals surface area contributed by atoms with Crippen molar-refractivity contribution in [3.8, 4) is 0 Å². The molecule has 0 aliphatic heterocycles. The Morgan fingerprint density at radius 2 is 1.87 bits per heavy atom. The fourth-order valence-corrected chi connectivity index (χ4v) is 4.22. The van der Waals surface area contributed by atoms with E-state index in [1.54, 1.807) is 0 Å². The zero-order chi connectivity index (χ0) is 22.4. The molecule has 0 aliphatic carbocycles. The first-order valence-electron chi connectivity index (χ1n) is 10.2. The van der Waals surface area contributed by atoms with Gasteiger partial charge in [-0.15, -0.1) is 0 Å². The van der Waals surface area contributed by atoms with Gasteiger partial charge in [-0.2, -0.15) is 0 Å². The Bertz CT molecular complexity index is 1090. The first-order chi connectivity index (χ1) is 14.9. The van der Waals surface area contributed by atoms with Crippen molar-refractivity contribution in [1.82, 2.24) is 20.0 Å². The van der Waals surface area contributed by atoms with Gasteiger partial charge in [0.15, 0.2) is 0 Å². The number of methoxy groups -OCH3 is 1. The molecule has 9 heteroatoms. The molecule has 0 fully saturated rings. The topological polar surface area (TPSA) is 113 Å². The summed E-state index contributed by atoms with van der Waals surface area (Å²) in [5.74, 6) is 0.557. The number of benzene rings is 2. The first kappa shape index (κ1) is 22.9. The minimum Gasteiger partial charge on any atom is -0.383 e. The lowest BCUT2D eigenvalue weighted by atomic mass is 9.98.